The highest BCUT2D eigenvalue weighted by molar-refractivity contribution is 4.97. The molecule has 1 aliphatic heterocycles. The molecule has 2 rings (SSSR count). The third kappa shape index (κ3) is 3.52. The molecular formula is C17H34N2. The Morgan fingerprint density at radius 2 is 1.63 bits per heavy atom. The summed E-state index contributed by atoms with van der Waals surface area (Å²) in [7, 11) is 0. The molecular weight excluding hydrogens is 232 g/mol. The lowest BCUT2D eigenvalue weighted by molar-refractivity contribution is 0.0170. The first-order chi connectivity index (χ1) is 8.87. The quantitative estimate of drug-likeness (QED) is 0.773. The van der Waals surface area contributed by atoms with Crippen LogP contribution in [0.15, 0.2) is 0 Å². The number of nitrogens with zero attached hydrogens (tertiary/aromatic N) is 1. The third-order valence-corrected chi connectivity index (χ3v) is 5.68. The number of hydrogen-bond acceptors (Lipinski definition) is 2. The molecule has 2 fully saturated rings. The van der Waals surface area contributed by atoms with Crippen LogP contribution in [0.1, 0.15) is 66.2 Å². The van der Waals surface area contributed by atoms with Gasteiger partial charge in [0.15, 0.2) is 0 Å². The second-order valence-corrected chi connectivity index (χ2v) is 8.30. The molecule has 0 amide bonds. The van der Waals surface area contributed by atoms with Crippen molar-refractivity contribution in [3.63, 3.8) is 0 Å². The zero-order chi connectivity index (χ0) is 14.1. The standard InChI is InChI=1S/C17H34N2/c1-14-10-15(2)12-19(11-14)17(13-18)7-5-6-16(3,4)8-9-17/h14-15H,5-13,18H2,1-4H3. The molecule has 112 valence electrons. The van der Waals surface area contributed by atoms with E-state index in [4.69, 9.17) is 5.73 Å². The maximum atomic E-state index is 6.28. The lowest BCUT2D eigenvalue weighted by Gasteiger charge is -2.48. The van der Waals surface area contributed by atoms with E-state index in [1.807, 2.05) is 0 Å². The zero-order valence-electron chi connectivity index (χ0n) is 13.5. The summed E-state index contributed by atoms with van der Waals surface area (Å²) in [6.45, 7) is 13.1. The fourth-order valence-electron chi connectivity index (χ4n) is 4.42. The Bertz CT molecular complexity index is 290. The number of nitrogens with two attached hydrogens (primary N) is 1. The van der Waals surface area contributed by atoms with Gasteiger partial charge in [-0.3, -0.25) is 4.90 Å². The molecule has 1 heterocycles. The number of rotatable bonds is 2. The van der Waals surface area contributed by atoms with E-state index in [0.717, 1.165) is 18.4 Å². The van der Waals surface area contributed by atoms with Gasteiger partial charge in [0.2, 0.25) is 0 Å². The predicted octanol–water partition coefficient (Wildman–Crippen LogP) is 3.65. The molecule has 0 aromatic heterocycles. The van der Waals surface area contributed by atoms with E-state index >= 15 is 0 Å². The van der Waals surface area contributed by atoms with Gasteiger partial charge in [-0.2, -0.15) is 0 Å². The van der Waals surface area contributed by atoms with Crippen molar-refractivity contribution >= 4 is 0 Å². The summed E-state index contributed by atoms with van der Waals surface area (Å²) >= 11 is 0. The van der Waals surface area contributed by atoms with Gasteiger partial charge in [0, 0.05) is 25.2 Å². The first-order valence-corrected chi connectivity index (χ1v) is 8.32. The molecule has 3 unspecified atom stereocenters. The Morgan fingerprint density at radius 3 is 2.21 bits per heavy atom. The Balaban J connectivity index is 2.12. The molecule has 0 bridgehead atoms. The molecule has 2 nitrogen and oxygen atoms in total. The zero-order valence-corrected chi connectivity index (χ0v) is 13.5. The van der Waals surface area contributed by atoms with E-state index in [-0.39, 0.29) is 0 Å². The van der Waals surface area contributed by atoms with Gasteiger partial charge in [-0.25, -0.2) is 0 Å². The molecule has 0 radical (unpaired) electrons. The van der Waals surface area contributed by atoms with Crippen LogP contribution in [0.25, 0.3) is 0 Å². The number of piperidine rings is 1. The number of likely N-dealkylation sites (tertiary alicyclic amines) is 1. The average Bonchev–Trinajstić information content (AvgIpc) is 2.47. The molecule has 2 N–H and O–H groups in total. The minimum absolute atomic E-state index is 0.302. The summed E-state index contributed by atoms with van der Waals surface area (Å²) < 4.78 is 0. The van der Waals surface area contributed by atoms with Crippen LogP contribution in [-0.2, 0) is 0 Å². The largest absolute Gasteiger partial charge is 0.329 e. The summed E-state index contributed by atoms with van der Waals surface area (Å²) in [6, 6.07) is 0. The van der Waals surface area contributed by atoms with Crippen molar-refractivity contribution in [2.24, 2.45) is 23.0 Å². The van der Waals surface area contributed by atoms with Crippen molar-refractivity contribution in [2.45, 2.75) is 71.8 Å². The Labute approximate surface area is 120 Å². The van der Waals surface area contributed by atoms with Gasteiger partial charge in [-0.05, 0) is 49.4 Å². The Hall–Kier alpha value is -0.0800. The average molecular weight is 266 g/mol. The SMILES string of the molecule is CC1CC(C)CN(C2(CN)CCCC(C)(C)CC2)C1. The second kappa shape index (κ2) is 5.73. The van der Waals surface area contributed by atoms with Gasteiger partial charge in [0.05, 0.1) is 0 Å². The van der Waals surface area contributed by atoms with Gasteiger partial charge in [0.25, 0.3) is 0 Å². The summed E-state index contributed by atoms with van der Waals surface area (Å²) in [5.74, 6) is 1.67. The van der Waals surface area contributed by atoms with Crippen molar-refractivity contribution in [3.05, 3.63) is 0 Å². The highest BCUT2D eigenvalue weighted by Crippen LogP contribution is 2.42. The van der Waals surface area contributed by atoms with Crippen molar-refractivity contribution < 1.29 is 0 Å². The fourth-order valence-corrected chi connectivity index (χ4v) is 4.42. The van der Waals surface area contributed by atoms with Crippen molar-refractivity contribution in [1.29, 1.82) is 0 Å². The molecule has 3 atom stereocenters. The van der Waals surface area contributed by atoms with Crippen molar-refractivity contribution in [2.75, 3.05) is 19.6 Å². The van der Waals surface area contributed by atoms with Crippen LogP contribution in [0.3, 0.4) is 0 Å². The van der Waals surface area contributed by atoms with Gasteiger partial charge in [-0.15, -0.1) is 0 Å². The maximum Gasteiger partial charge on any atom is 0.0332 e. The van der Waals surface area contributed by atoms with Crippen LogP contribution in [0.2, 0.25) is 0 Å². The monoisotopic (exact) mass is 266 g/mol. The normalized spacial score (nSPS) is 40.9. The van der Waals surface area contributed by atoms with Gasteiger partial charge in [-0.1, -0.05) is 34.1 Å². The Kier molecular flexibility index (Phi) is 4.62. The van der Waals surface area contributed by atoms with E-state index in [1.165, 1.54) is 51.6 Å². The van der Waals surface area contributed by atoms with Crippen LogP contribution >= 0.6 is 0 Å². The smallest absolute Gasteiger partial charge is 0.0332 e. The lowest BCUT2D eigenvalue weighted by atomic mass is 9.80. The highest BCUT2D eigenvalue weighted by Gasteiger charge is 2.41. The minimum atomic E-state index is 0.302. The molecule has 2 heteroatoms. The van der Waals surface area contributed by atoms with E-state index in [0.29, 0.717) is 11.0 Å². The fraction of sp³-hybridized carbons (Fsp3) is 1.00. The molecule has 1 saturated carbocycles. The van der Waals surface area contributed by atoms with Gasteiger partial charge >= 0.3 is 0 Å². The first-order valence-electron chi connectivity index (χ1n) is 8.32. The number of hydrogen-bond donors (Lipinski definition) is 1. The van der Waals surface area contributed by atoms with E-state index in [2.05, 4.69) is 32.6 Å². The van der Waals surface area contributed by atoms with E-state index in [9.17, 15) is 0 Å². The van der Waals surface area contributed by atoms with E-state index < -0.39 is 0 Å². The van der Waals surface area contributed by atoms with E-state index in [1.54, 1.807) is 0 Å². The van der Waals surface area contributed by atoms with Gasteiger partial charge < -0.3 is 5.73 Å². The van der Waals surface area contributed by atoms with Crippen molar-refractivity contribution in [1.82, 2.24) is 4.90 Å². The van der Waals surface area contributed by atoms with Gasteiger partial charge in [0.1, 0.15) is 0 Å². The van der Waals surface area contributed by atoms with Crippen LogP contribution in [0.5, 0.6) is 0 Å². The molecule has 0 aromatic rings. The van der Waals surface area contributed by atoms with Crippen LogP contribution in [0.4, 0.5) is 0 Å². The van der Waals surface area contributed by atoms with Crippen molar-refractivity contribution in [3.8, 4) is 0 Å². The minimum Gasteiger partial charge on any atom is -0.329 e. The molecule has 19 heavy (non-hydrogen) atoms. The first kappa shape index (κ1) is 15.3. The maximum absolute atomic E-state index is 6.28. The highest BCUT2D eigenvalue weighted by atomic mass is 15.2. The second-order valence-electron chi connectivity index (χ2n) is 8.30. The van der Waals surface area contributed by atoms with Crippen LogP contribution in [-0.4, -0.2) is 30.1 Å². The summed E-state index contributed by atoms with van der Waals surface area (Å²) in [5.41, 5.74) is 7.10. The third-order valence-electron chi connectivity index (χ3n) is 5.68. The molecule has 1 aliphatic carbocycles. The molecule has 1 saturated heterocycles. The summed E-state index contributed by atoms with van der Waals surface area (Å²) in [4.78, 5) is 2.77. The molecule has 0 spiro atoms. The summed E-state index contributed by atoms with van der Waals surface area (Å²) in [5, 5.41) is 0. The summed E-state index contributed by atoms with van der Waals surface area (Å²) in [6.07, 6.45) is 8.06. The Morgan fingerprint density at radius 1 is 1.00 bits per heavy atom. The molecule has 2 aliphatic rings. The van der Waals surface area contributed by atoms with Crippen LogP contribution in [0, 0.1) is 17.3 Å². The van der Waals surface area contributed by atoms with Crippen LogP contribution < -0.4 is 5.73 Å². The molecule has 0 aromatic carbocycles. The lowest BCUT2D eigenvalue weighted by Crippen LogP contribution is -2.58. The predicted molar refractivity (Wildman–Crippen MR) is 83.2 cm³/mol. The topological polar surface area (TPSA) is 29.3 Å².